The maximum absolute atomic E-state index is 11.9. The average molecular weight is 378 g/mol. The molecule has 1 saturated carbocycles. The minimum absolute atomic E-state index is 0.0160. The number of carbonyl (C=O) groups is 2. The molecule has 1 aromatic carbocycles. The molecule has 0 bridgehead atoms. The van der Waals surface area contributed by atoms with Crippen LogP contribution < -0.4 is 15.5 Å². The Kier molecular flexibility index (Phi) is 4.62. The number of pyridine rings is 2. The van der Waals surface area contributed by atoms with Crippen molar-refractivity contribution in [1.29, 1.82) is 0 Å². The summed E-state index contributed by atoms with van der Waals surface area (Å²) in [6.07, 6.45) is 3.42. The van der Waals surface area contributed by atoms with Crippen molar-refractivity contribution >= 4 is 28.5 Å². The first kappa shape index (κ1) is 17.9. The highest BCUT2D eigenvalue weighted by Crippen LogP contribution is 2.31. The van der Waals surface area contributed by atoms with E-state index in [1.54, 1.807) is 55.0 Å². The summed E-state index contributed by atoms with van der Waals surface area (Å²) in [6, 6.07) is 10.3. The van der Waals surface area contributed by atoms with Crippen LogP contribution in [0.2, 0.25) is 0 Å². The van der Waals surface area contributed by atoms with Crippen molar-refractivity contribution in [3.05, 3.63) is 53.9 Å². The van der Waals surface area contributed by atoms with Crippen LogP contribution in [0, 0.1) is 12.8 Å². The van der Waals surface area contributed by atoms with E-state index in [-0.39, 0.29) is 11.8 Å². The highest BCUT2D eigenvalue weighted by atomic mass is 16.5. The Hall–Kier alpha value is -3.52. The number of ether oxygens (including phenoxy) is 1. The van der Waals surface area contributed by atoms with Crippen molar-refractivity contribution in [2.75, 3.05) is 5.32 Å². The van der Waals surface area contributed by atoms with Gasteiger partial charge >= 0.3 is 0 Å². The molecule has 0 spiro atoms. The lowest BCUT2D eigenvalue weighted by Crippen LogP contribution is -2.20. The minimum Gasteiger partial charge on any atom is -0.457 e. The van der Waals surface area contributed by atoms with Gasteiger partial charge < -0.3 is 10.1 Å². The summed E-state index contributed by atoms with van der Waals surface area (Å²) in [6.45, 7) is 1.69. The van der Waals surface area contributed by atoms with Crippen molar-refractivity contribution in [3.63, 3.8) is 0 Å². The lowest BCUT2D eigenvalue weighted by atomic mass is 10.1. The van der Waals surface area contributed by atoms with E-state index in [2.05, 4.69) is 15.3 Å². The number of nitrogens with one attached hydrogen (secondary N) is 2. The van der Waals surface area contributed by atoms with E-state index < -0.39 is 5.91 Å². The van der Waals surface area contributed by atoms with Gasteiger partial charge in [0.25, 0.3) is 5.91 Å². The van der Waals surface area contributed by atoms with Gasteiger partial charge in [0.15, 0.2) is 0 Å². The first-order valence-corrected chi connectivity index (χ1v) is 8.84. The van der Waals surface area contributed by atoms with E-state index in [4.69, 9.17) is 9.94 Å². The fourth-order valence-electron chi connectivity index (χ4n) is 2.85. The van der Waals surface area contributed by atoms with Crippen LogP contribution in [0.15, 0.2) is 42.6 Å². The Morgan fingerprint density at radius 2 is 1.93 bits per heavy atom. The first-order chi connectivity index (χ1) is 13.5. The van der Waals surface area contributed by atoms with Crippen LogP contribution in [0.5, 0.6) is 11.5 Å². The molecule has 2 aromatic heterocycles. The molecule has 0 saturated heterocycles. The number of amides is 2. The van der Waals surface area contributed by atoms with Crippen LogP contribution in [0.4, 0.5) is 5.82 Å². The lowest BCUT2D eigenvalue weighted by molar-refractivity contribution is -0.117. The van der Waals surface area contributed by atoms with Crippen LogP contribution in [0.25, 0.3) is 10.9 Å². The SMILES string of the molecule is Cc1nc2cc(Oc3ccnc(NC(=O)C4CC4)c3)ccc2cc1C(=O)NO. The molecule has 28 heavy (non-hydrogen) atoms. The van der Waals surface area contributed by atoms with Crippen LogP contribution in [-0.4, -0.2) is 27.0 Å². The number of hydrogen-bond donors (Lipinski definition) is 3. The van der Waals surface area contributed by atoms with E-state index in [0.29, 0.717) is 34.1 Å². The van der Waals surface area contributed by atoms with Gasteiger partial charge in [-0.3, -0.25) is 19.8 Å². The van der Waals surface area contributed by atoms with Crippen molar-refractivity contribution in [2.45, 2.75) is 19.8 Å². The summed E-state index contributed by atoms with van der Waals surface area (Å²) in [7, 11) is 0. The molecule has 1 fully saturated rings. The number of nitrogens with zero attached hydrogens (tertiary/aromatic N) is 2. The van der Waals surface area contributed by atoms with Gasteiger partial charge in [-0.25, -0.2) is 10.5 Å². The summed E-state index contributed by atoms with van der Waals surface area (Å²) in [4.78, 5) is 32.1. The Morgan fingerprint density at radius 3 is 2.68 bits per heavy atom. The molecular weight excluding hydrogens is 360 g/mol. The van der Waals surface area contributed by atoms with Gasteiger partial charge in [-0.1, -0.05) is 0 Å². The summed E-state index contributed by atoms with van der Waals surface area (Å²) in [5, 5.41) is 12.4. The predicted molar refractivity (Wildman–Crippen MR) is 101 cm³/mol. The number of benzene rings is 1. The Morgan fingerprint density at radius 1 is 1.14 bits per heavy atom. The second-order valence-corrected chi connectivity index (χ2v) is 6.66. The van der Waals surface area contributed by atoms with Gasteiger partial charge in [-0.05, 0) is 44.0 Å². The van der Waals surface area contributed by atoms with E-state index in [1.807, 2.05) is 0 Å². The molecular formula is C20H18N4O4. The number of hydrogen-bond acceptors (Lipinski definition) is 6. The molecule has 0 unspecified atom stereocenters. The highest BCUT2D eigenvalue weighted by molar-refractivity contribution is 5.98. The number of rotatable bonds is 5. The fraction of sp³-hybridized carbons (Fsp3) is 0.200. The third-order valence-electron chi connectivity index (χ3n) is 4.49. The monoisotopic (exact) mass is 378 g/mol. The Bertz CT molecular complexity index is 1080. The Balaban J connectivity index is 1.56. The smallest absolute Gasteiger partial charge is 0.276 e. The van der Waals surface area contributed by atoms with Crippen molar-refractivity contribution in [2.24, 2.45) is 5.92 Å². The fourth-order valence-corrected chi connectivity index (χ4v) is 2.85. The van der Waals surface area contributed by atoms with E-state index in [0.717, 1.165) is 18.2 Å². The maximum Gasteiger partial charge on any atom is 0.276 e. The number of hydroxylamine groups is 1. The van der Waals surface area contributed by atoms with Crippen LogP contribution >= 0.6 is 0 Å². The Labute approximate surface area is 160 Å². The molecule has 8 heteroatoms. The molecule has 0 radical (unpaired) electrons. The lowest BCUT2D eigenvalue weighted by Gasteiger charge is -2.10. The van der Waals surface area contributed by atoms with Gasteiger partial charge in [-0.2, -0.15) is 0 Å². The molecule has 1 aliphatic carbocycles. The predicted octanol–water partition coefficient (Wildman–Crippen LogP) is 3.20. The molecule has 3 N–H and O–H groups in total. The van der Waals surface area contributed by atoms with Gasteiger partial charge in [0.2, 0.25) is 5.91 Å². The maximum atomic E-state index is 11.9. The quantitative estimate of drug-likeness (QED) is 0.464. The third kappa shape index (κ3) is 3.77. The molecule has 142 valence electrons. The van der Waals surface area contributed by atoms with Crippen molar-refractivity contribution in [3.8, 4) is 11.5 Å². The second-order valence-electron chi connectivity index (χ2n) is 6.66. The summed E-state index contributed by atoms with van der Waals surface area (Å²) in [5.74, 6) is 1.02. The van der Waals surface area contributed by atoms with Gasteiger partial charge in [0.1, 0.15) is 17.3 Å². The van der Waals surface area contributed by atoms with E-state index >= 15 is 0 Å². The topological polar surface area (TPSA) is 113 Å². The standard InChI is InChI=1S/C20H18N4O4/c1-11-16(20(26)24-27)8-13-4-5-14(9-17(13)22-11)28-15-6-7-21-18(10-15)23-19(25)12-2-3-12/h4-10,12,27H,2-3H2,1H3,(H,24,26)(H,21,23,25). The number of fused-ring (bicyclic) bond motifs is 1. The highest BCUT2D eigenvalue weighted by Gasteiger charge is 2.29. The zero-order valence-corrected chi connectivity index (χ0v) is 15.1. The number of aromatic nitrogens is 2. The summed E-state index contributed by atoms with van der Waals surface area (Å²) in [5.41, 5.74) is 3.07. The van der Waals surface area contributed by atoms with E-state index in [9.17, 15) is 9.59 Å². The van der Waals surface area contributed by atoms with Crippen LogP contribution in [-0.2, 0) is 4.79 Å². The van der Waals surface area contributed by atoms with Crippen LogP contribution in [0.3, 0.4) is 0 Å². The largest absolute Gasteiger partial charge is 0.457 e. The number of carbonyl (C=O) groups excluding carboxylic acids is 2. The first-order valence-electron chi connectivity index (χ1n) is 8.84. The minimum atomic E-state index is -0.607. The number of aryl methyl sites for hydroxylation is 1. The number of anilines is 1. The van der Waals surface area contributed by atoms with E-state index in [1.165, 1.54) is 0 Å². The molecule has 8 nitrogen and oxygen atoms in total. The normalized spacial score (nSPS) is 13.2. The zero-order chi connectivity index (χ0) is 19.7. The molecule has 2 amide bonds. The molecule has 0 aliphatic heterocycles. The van der Waals surface area contributed by atoms with Gasteiger partial charge in [0, 0.05) is 29.6 Å². The molecule has 1 aliphatic rings. The van der Waals surface area contributed by atoms with Gasteiger partial charge in [-0.15, -0.1) is 0 Å². The van der Waals surface area contributed by atoms with Crippen molar-refractivity contribution in [1.82, 2.24) is 15.4 Å². The molecule has 2 heterocycles. The molecule has 0 atom stereocenters. The second kappa shape index (κ2) is 7.24. The summed E-state index contributed by atoms with van der Waals surface area (Å²) < 4.78 is 5.87. The average Bonchev–Trinajstić information content (AvgIpc) is 3.52. The molecule has 4 rings (SSSR count). The third-order valence-corrected chi connectivity index (χ3v) is 4.49. The van der Waals surface area contributed by atoms with Crippen molar-refractivity contribution < 1.29 is 19.5 Å². The molecule has 3 aromatic rings. The summed E-state index contributed by atoms with van der Waals surface area (Å²) >= 11 is 0. The van der Waals surface area contributed by atoms with Gasteiger partial charge in [0.05, 0.1) is 16.8 Å². The van der Waals surface area contributed by atoms with Crippen LogP contribution in [0.1, 0.15) is 28.9 Å². The zero-order valence-electron chi connectivity index (χ0n) is 15.1.